The number of nitrogens with one attached hydrogen (secondary N) is 1. The van der Waals surface area contributed by atoms with Crippen LogP contribution in [-0.2, 0) is 4.79 Å². The molecular formula is C9H8N4O2. The Morgan fingerprint density at radius 1 is 1.53 bits per heavy atom. The molecule has 0 aliphatic heterocycles. The molecule has 1 saturated carbocycles. The first-order valence-electron chi connectivity index (χ1n) is 4.67. The van der Waals surface area contributed by atoms with Crippen molar-refractivity contribution < 1.29 is 4.79 Å². The maximum Gasteiger partial charge on any atom is 0.278 e. The molecule has 0 spiro atoms. The molecule has 0 saturated heterocycles. The van der Waals surface area contributed by atoms with Crippen LogP contribution in [0.4, 0.5) is 0 Å². The van der Waals surface area contributed by atoms with Crippen LogP contribution >= 0.6 is 0 Å². The average molecular weight is 204 g/mol. The molecule has 0 bridgehead atoms. The second-order valence-corrected chi connectivity index (χ2v) is 3.66. The zero-order valence-corrected chi connectivity index (χ0v) is 7.75. The normalized spacial score (nSPS) is 24.3. The number of aromatic nitrogens is 4. The number of carbonyl (C=O) groups excluding carboxylic acids is 1. The summed E-state index contributed by atoms with van der Waals surface area (Å²) in [6, 6.07) is 0.127. The number of carbonyl (C=O) groups is 1. The molecule has 2 aromatic heterocycles. The van der Waals surface area contributed by atoms with Gasteiger partial charge < -0.3 is 14.3 Å². The van der Waals surface area contributed by atoms with Gasteiger partial charge in [-0.3, -0.25) is 4.79 Å². The van der Waals surface area contributed by atoms with Crippen molar-refractivity contribution in [3.63, 3.8) is 0 Å². The van der Waals surface area contributed by atoms with Gasteiger partial charge in [0.2, 0.25) is 0 Å². The van der Waals surface area contributed by atoms with E-state index in [0.29, 0.717) is 11.2 Å². The van der Waals surface area contributed by atoms with Crippen LogP contribution < -0.4 is 5.56 Å². The van der Waals surface area contributed by atoms with Crippen molar-refractivity contribution >= 4 is 17.5 Å². The number of hydrogen-bond donors (Lipinski definition) is 1. The van der Waals surface area contributed by atoms with Gasteiger partial charge in [0.1, 0.15) is 6.29 Å². The first kappa shape index (κ1) is 8.34. The molecule has 2 heterocycles. The van der Waals surface area contributed by atoms with E-state index in [2.05, 4.69) is 15.0 Å². The number of aromatic amines is 1. The fourth-order valence-corrected chi connectivity index (χ4v) is 1.77. The quantitative estimate of drug-likeness (QED) is 0.691. The highest BCUT2D eigenvalue weighted by Crippen LogP contribution is 2.42. The zero-order valence-electron chi connectivity index (χ0n) is 7.75. The van der Waals surface area contributed by atoms with E-state index in [-0.39, 0.29) is 17.5 Å². The summed E-state index contributed by atoms with van der Waals surface area (Å²) in [5.74, 6) is 0.0449. The number of hydrogen-bond acceptors (Lipinski definition) is 4. The van der Waals surface area contributed by atoms with Crippen molar-refractivity contribution in [1.29, 1.82) is 0 Å². The highest BCUT2D eigenvalue weighted by molar-refractivity contribution is 5.70. The van der Waals surface area contributed by atoms with Crippen LogP contribution in [0.2, 0.25) is 0 Å². The van der Waals surface area contributed by atoms with Gasteiger partial charge in [-0.2, -0.15) is 0 Å². The molecule has 15 heavy (non-hydrogen) atoms. The Morgan fingerprint density at radius 2 is 2.40 bits per heavy atom. The number of nitrogens with zero attached hydrogens (tertiary/aromatic N) is 3. The van der Waals surface area contributed by atoms with E-state index < -0.39 is 0 Å². The highest BCUT2D eigenvalue weighted by atomic mass is 16.1. The molecule has 0 radical (unpaired) electrons. The number of imidazole rings is 1. The Morgan fingerprint density at radius 3 is 3.13 bits per heavy atom. The third-order valence-electron chi connectivity index (χ3n) is 2.70. The van der Waals surface area contributed by atoms with E-state index in [1.807, 2.05) is 0 Å². The van der Waals surface area contributed by atoms with Crippen molar-refractivity contribution in [2.24, 2.45) is 5.92 Å². The molecular weight excluding hydrogens is 196 g/mol. The second kappa shape index (κ2) is 2.75. The predicted molar refractivity (Wildman–Crippen MR) is 51.4 cm³/mol. The molecule has 0 aromatic carbocycles. The summed E-state index contributed by atoms with van der Waals surface area (Å²) < 4.78 is 1.80. The Hall–Kier alpha value is -1.98. The SMILES string of the molecule is O=C[C@H]1C[C@H]1n1cnc2c(=O)[nH]cnc21. The maximum atomic E-state index is 11.3. The summed E-state index contributed by atoms with van der Waals surface area (Å²) in [7, 11) is 0. The molecule has 3 rings (SSSR count). The van der Waals surface area contributed by atoms with Crippen molar-refractivity contribution in [3.8, 4) is 0 Å². The average Bonchev–Trinajstić information content (AvgIpc) is 2.90. The largest absolute Gasteiger partial charge is 0.311 e. The third kappa shape index (κ3) is 1.11. The molecule has 0 unspecified atom stereocenters. The number of H-pyrrole nitrogens is 1. The molecule has 0 amide bonds. The van der Waals surface area contributed by atoms with Gasteiger partial charge in [-0.1, -0.05) is 0 Å². The lowest BCUT2D eigenvalue weighted by Crippen LogP contribution is -2.07. The topological polar surface area (TPSA) is 80.6 Å². The summed E-state index contributed by atoms with van der Waals surface area (Å²) in [4.78, 5) is 32.4. The van der Waals surface area contributed by atoms with Crippen LogP contribution in [0.5, 0.6) is 0 Å². The van der Waals surface area contributed by atoms with Crippen molar-refractivity contribution in [2.75, 3.05) is 0 Å². The van der Waals surface area contributed by atoms with E-state index >= 15 is 0 Å². The van der Waals surface area contributed by atoms with Crippen LogP contribution in [0.25, 0.3) is 11.2 Å². The fraction of sp³-hybridized carbons (Fsp3) is 0.333. The van der Waals surface area contributed by atoms with E-state index in [0.717, 1.165) is 12.7 Å². The van der Waals surface area contributed by atoms with E-state index in [9.17, 15) is 9.59 Å². The molecule has 1 aliphatic carbocycles. The van der Waals surface area contributed by atoms with Gasteiger partial charge >= 0.3 is 0 Å². The van der Waals surface area contributed by atoms with Crippen molar-refractivity contribution in [3.05, 3.63) is 23.0 Å². The molecule has 2 aromatic rings. The number of fused-ring (bicyclic) bond motifs is 1. The summed E-state index contributed by atoms with van der Waals surface area (Å²) in [5.41, 5.74) is 0.629. The molecule has 2 atom stereocenters. The molecule has 76 valence electrons. The lowest BCUT2D eigenvalue weighted by atomic mass is 10.4. The Bertz CT molecular complexity index is 585. The first-order chi connectivity index (χ1) is 7.31. The van der Waals surface area contributed by atoms with Crippen molar-refractivity contribution in [1.82, 2.24) is 19.5 Å². The maximum absolute atomic E-state index is 11.3. The minimum Gasteiger partial charge on any atom is -0.311 e. The highest BCUT2D eigenvalue weighted by Gasteiger charge is 2.39. The smallest absolute Gasteiger partial charge is 0.278 e. The molecule has 1 N–H and O–H groups in total. The van der Waals surface area contributed by atoms with Gasteiger partial charge in [0.15, 0.2) is 11.2 Å². The molecule has 1 fully saturated rings. The number of rotatable bonds is 2. The summed E-state index contributed by atoms with van der Waals surface area (Å²) in [6.07, 6.45) is 4.66. The Kier molecular flexibility index (Phi) is 1.53. The lowest BCUT2D eigenvalue weighted by Gasteiger charge is -1.98. The minimum atomic E-state index is -0.248. The van der Waals surface area contributed by atoms with E-state index in [1.165, 1.54) is 6.33 Å². The van der Waals surface area contributed by atoms with Crippen LogP contribution in [0.15, 0.2) is 17.4 Å². The monoisotopic (exact) mass is 204 g/mol. The van der Waals surface area contributed by atoms with Gasteiger partial charge in [0.05, 0.1) is 12.7 Å². The fourth-order valence-electron chi connectivity index (χ4n) is 1.77. The zero-order chi connectivity index (χ0) is 10.4. The molecule has 1 aliphatic rings. The van der Waals surface area contributed by atoms with Crippen LogP contribution in [0.1, 0.15) is 12.5 Å². The summed E-state index contributed by atoms with van der Waals surface area (Å²) in [6.45, 7) is 0. The van der Waals surface area contributed by atoms with Gasteiger partial charge in [-0.25, -0.2) is 9.97 Å². The number of aldehydes is 1. The molecule has 6 nitrogen and oxygen atoms in total. The minimum absolute atomic E-state index is 0.0449. The Balaban J connectivity index is 2.17. The van der Waals surface area contributed by atoms with E-state index in [4.69, 9.17) is 0 Å². The third-order valence-corrected chi connectivity index (χ3v) is 2.70. The van der Waals surface area contributed by atoms with Gasteiger partial charge in [-0.15, -0.1) is 0 Å². The van der Waals surface area contributed by atoms with E-state index in [1.54, 1.807) is 10.9 Å². The van der Waals surface area contributed by atoms with Gasteiger partial charge in [0, 0.05) is 12.0 Å². The van der Waals surface area contributed by atoms with Crippen LogP contribution in [-0.4, -0.2) is 25.8 Å². The van der Waals surface area contributed by atoms with Crippen LogP contribution in [0, 0.1) is 5.92 Å². The Labute approximate surface area is 84.0 Å². The summed E-state index contributed by atoms with van der Waals surface area (Å²) >= 11 is 0. The standard InChI is InChI=1S/C9H8N4O2/c14-2-5-1-6(5)13-4-12-7-8(13)10-3-11-9(7)15/h2-6H,1H2,(H,10,11,15)/t5-,6-/m1/s1. The van der Waals surface area contributed by atoms with Gasteiger partial charge in [-0.05, 0) is 6.42 Å². The predicted octanol–water partition coefficient (Wildman–Crippen LogP) is -0.120. The lowest BCUT2D eigenvalue weighted by molar-refractivity contribution is -0.109. The summed E-state index contributed by atoms with van der Waals surface area (Å²) in [5, 5.41) is 0. The first-order valence-corrected chi connectivity index (χ1v) is 4.67. The molecule has 6 heteroatoms. The second-order valence-electron chi connectivity index (χ2n) is 3.66. The van der Waals surface area contributed by atoms with Crippen molar-refractivity contribution in [2.45, 2.75) is 12.5 Å². The van der Waals surface area contributed by atoms with Gasteiger partial charge in [0.25, 0.3) is 5.56 Å². The van der Waals surface area contributed by atoms with Crippen LogP contribution in [0.3, 0.4) is 0 Å².